The van der Waals surface area contributed by atoms with E-state index < -0.39 is 5.97 Å². The van der Waals surface area contributed by atoms with Gasteiger partial charge in [0.2, 0.25) is 0 Å². The van der Waals surface area contributed by atoms with Crippen LogP contribution in [0, 0.1) is 6.92 Å². The van der Waals surface area contributed by atoms with Crippen molar-refractivity contribution in [2.24, 2.45) is 0 Å². The molecule has 0 aliphatic rings. The Morgan fingerprint density at radius 2 is 1.48 bits per heavy atom. The zero-order valence-electron chi connectivity index (χ0n) is 12.1. The summed E-state index contributed by atoms with van der Waals surface area (Å²) in [5.74, 6) is 1.23. The van der Waals surface area contributed by atoms with Crippen LogP contribution in [0.3, 0.4) is 0 Å². The second-order valence-corrected chi connectivity index (χ2v) is 4.91. The van der Waals surface area contributed by atoms with E-state index in [-0.39, 0.29) is 12.5 Å². The highest BCUT2D eigenvalue weighted by Gasteiger charge is 2.09. The van der Waals surface area contributed by atoms with Crippen molar-refractivity contribution in [3.8, 4) is 17.2 Å². The monoisotopic (exact) mass is 286 g/mol. The first-order valence-electron chi connectivity index (χ1n) is 6.76. The lowest BCUT2D eigenvalue weighted by molar-refractivity contribution is -0.138. The Bertz CT molecular complexity index is 587. The second kappa shape index (κ2) is 6.79. The Kier molecular flexibility index (Phi) is 4.82. The van der Waals surface area contributed by atoms with Crippen LogP contribution in [0.2, 0.25) is 0 Å². The highest BCUT2D eigenvalue weighted by atomic mass is 16.5. The third-order valence-corrected chi connectivity index (χ3v) is 2.88. The van der Waals surface area contributed by atoms with Crippen molar-refractivity contribution in [1.82, 2.24) is 0 Å². The molecule has 110 valence electrons. The number of benzene rings is 2. The standard InChI is InChI=1S/C17H18O4/c1-12-3-5-15(6-4-12)21-16-9-7-14(8-10-16)20-13(2)11-17(18)19/h3-10,13H,11H2,1-2H3,(H,18,19). The highest BCUT2D eigenvalue weighted by molar-refractivity contribution is 5.67. The average molecular weight is 286 g/mol. The van der Waals surface area contributed by atoms with E-state index in [9.17, 15) is 4.79 Å². The minimum absolute atomic E-state index is 0.0262. The maximum Gasteiger partial charge on any atom is 0.307 e. The molecular weight excluding hydrogens is 268 g/mol. The van der Waals surface area contributed by atoms with Gasteiger partial charge in [-0.05, 0) is 50.2 Å². The van der Waals surface area contributed by atoms with Gasteiger partial charge in [0.1, 0.15) is 23.4 Å². The molecule has 0 aliphatic carbocycles. The van der Waals surface area contributed by atoms with Gasteiger partial charge in [-0.1, -0.05) is 17.7 Å². The average Bonchev–Trinajstić information content (AvgIpc) is 2.42. The first-order chi connectivity index (χ1) is 10.0. The predicted octanol–water partition coefficient (Wildman–Crippen LogP) is 4.03. The zero-order chi connectivity index (χ0) is 15.2. The minimum Gasteiger partial charge on any atom is -0.490 e. The summed E-state index contributed by atoms with van der Waals surface area (Å²) < 4.78 is 11.2. The molecular formula is C17H18O4. The molecule has 0 spiro atoms. The summed E-state index contributed by atoms with van der Waals surface area (Å²) in [5, 5.41) is 8.69. The Balaban J connectivity index is 1.95. The van der Waals surface area contributed by atoms with Gasteiger partial charge in [0, 0.05) is 0 Å². The van der Waals surface area contributed by atoms with Crippen LogP contribution in [0.4, 0.5) is 0 Å². The molecule has 0 amide bonds. The van der Waals surface area contributed by atoms with Crippen LogP contribution in [0.25, 0.3) is 0 Å². The number of hydrogen-bond donors (Lipinski definition) is 1. The fourth-order valence-corrected chi connectivity index (χ4v) is 1.85. The molecule has 0 saturated carbocycles. The van der Waals surface area contributed by atoms with E-state index in [0.717, 1.165) is 5.75 Å². The van der Waals surface area contributed by atoms with Crippen LogP contribution >= 0.6 is 0 Å². The lowest BCUT2D eigenvalue weighted by Crippen LogP contribution is -2.16. The van der Waals surface area contributed by atoms with Gasteiger partial charge in [0.25, 0.3) is 0 Å². The first-order valence-corrected chi connectivity index (χ1v) is 6.76. The van der Waals surface area contributed by atoms with Crippen molar-refractivity contribution >= 4 is 5.97 Å². The van der Waals surface area contributed by atoms with Crippen LogP contribution in [0.15, 0.2) is 48.5 Å². The quantitative estimate of drug-likeness (QED) is 0.871. The summed E-state index contributed by atoms with van der Waals surface area (Å²) in [6, 6.07) is 14.9. The zero-order valence-corrected chi connectivity index (χ0v) is 12.1. The normalized spacial score (nSPS) is 11.7. The molecule has 0 bridgehead atoms. The van der Waals surface area contributed by atoms with E-state index in [0.29, 0.717) is 11.5 Å². The Labute approximate surface area is 123 Å². The smallest absolute Gasteiger partial charge is 0.307 e. The molecule has 4 heteroatoms. The predicted molar refractivity (Wildman–Crippen MR) is 80.0 cm³/mol. The largest absolute Gasteiger partial charge is 0.490 e. The number of carbonyl (C=O) groups is 1. The van der Waals surface area contributed by atoms with Gasteiger partial charge >= 0.3 is 5.97 Å². The van der Waals surface area contributed by atoms with Crippen LogP contribution in [0.1, 0.15) is 18.9 Å². The first kappa shape index (κ1) is 14.9. The van der Waals surface area contributed by atoms with E-state index in [1.54, 1.807) is 31.2 Å². The number of carboxylic acid groups (broad SMARTS) is 1. The summed E-state index contributed by atoms with van der Waals surface area (Å²) in [5.41, 5.74) is 1.18. The molecule has 21 heavy (non-hydrogen) atoms. The molecule has 0 fully saturated rings. The van der Waals surface area contributed by atoms with E-state index in [1.165, 1.54) is 5.56 Å². The molecule has 0 aliphatic heterocycles. The van der Waals surface area contributed by atoms with E-state index in [1.807, 2.05) is 31.2 Å². The van der Waals surface area contributed by atoms with Crippen LogP contribution < -0.4 is 9.47 Å². The summed E-state index contributed by atoms with van der Waals surface area (Å²) >= 11 is 0. The third-order valence-electron chi connectivity index (χ3n) is 2.88. The highest BCUT2D eigenvalue weighted by Crippen LogP contribution is 2.24. The van der Waals surface area contributed by atoms with Gasteiger partial charge in [-0.3, -0.25) is 4.79 Å². The number of rotatable bonds is 6. The second-order valence-electron chi connectivity index (χ2n) is 4.91. The van der Waals surface area contributed by atoms with Gasteiger partial charge in [-0.25, -0.2) is 0 Å². The lowest BCUT2D eigenvalue weighted by atomic mass is 10.2. The SMILES string of the molecule is Cc1ccc(Oc2ccc(OC(C)CC(=O)O)cc2)cc1. The van der Waals surface area contributed by atoms with Gasteiger partial charge in [0.15, 0.2) is 0 Å². The molecule has 2 rings (SSSR count). The van der Waals surface area contributed by atoms with Crippen LogP contribution in [0.5, 0.6) is 17.2 Å². The Morgan fingerprint density at radius 1 is 1.00 bits per heavy atom. The van der Waals surface area contributed by atoms with Crippen molar-refractivity contribution in [3.63, 3.8) is 0 Å². The maximum atomic E-state index is 10.6. The van der Waals surface area contributed by atoms with E-state index >= 15 is 0 Å². The van der Waals surface area contributed by atoms with Crippen LogP contribution in [-0.2, 0) is 4.79 Å². The number of aryl methyl sites for hydroxylation is 1. The van der Waals surface area contributed by atoms with E-state index in [4.69, 9.17) is 14.6 Å². The lowest BCUT2D eigenvalue weighted by Gasteiger charge is -2.13. The molecule has 0 saturated heterocycles. The molecule has 4 nitrogen and oxygen atoms in total. The minimum atomic E-state index is -0.873. The fourth-order valence-electron chi connectivity index (χ4n) is 1.85. The number of carboxylic acids is 1. The summed E-state index contributed by atoms with van der Waals surface area (Å²) in [6.07, 6.45) is -0.395. The van der Waals surface area contributed by atoms with Gasteiger partial charge in [-0.2, -0.15) is 0 Å². The Morgan fingerprint density at radius 3 is 2.00 bits per heavy atom. The third kappa shape index (κ3) is 4.84. The summed E-state index contributed by atoms with van der Waals surface area (Å²) in [7, 11) is 0. The summed E-state index contributed by atoms with van der Waals surface area (Å²) in [4.78, 5) is 10.6. The van der Waals surface area contributed by atoms with Gasteiger partial charge < -0.3 is 14.6 Å². The van der Waals surface area contributed by atoms with E-state index in [2.05, 4.69) is 0 Å². The topological polar surface area (TPSA) is 55.8 Å². The van der Waals surface area contributed by atoms with Crippen molar-refractivity contribution in [2.75, 3.05) is 0 Å². The van der Waals surface area contributed by atoms with Crippen molar-refractivity contribution in [2.45, 2.75) is 26.4 Å². The van der Waals surface area contributed by atoms with Gasteiger partial charge in [-0.15, -0.1) is 0 Å². The van der Waals surface area contributed by atoms with Crippen molar-refractivity contribution in [3.05, 3.63) is 54.1 Å². The molecule has 0 aromatic heterocycles. The molecule has 2 aromatic carbocycles. The van der Waals surface area contributed by atoms with Gasteiger partial charge in [0.05, 0.1) is 6.42 Å². The molecule has 1 atom stereocenters. The molecule has 1 N–H and O–H groups in total. The maximum absolute atomic E-state index is 10.6. The number of ether oxygens (including phenoxy) is 2. The Hall–Kier alpha value is -2.49. The number of hydrogen-bond acceptors (Lipinski definition) is 3. The molecule has 2 aromatic rings. The molecule has 1 unspecified atom stereocenters. The molecule has 0 radical (unpaired) electrons. The van der Waals surface area contributed by atoms with Crippen molar-refractivity contribution < 1.29 is 19.4 Å². The number of aliphatic carboxylic acids is 1. The fraction of sp³-hybridized carbons (Fsp3) is 0.235. The molecule has 0 heterocycles. The van der Waals surface area contributed by atoms with Crippen LogP contribution in [-0.4, -0.2) is 17.2 Å². The van der Waals surface area contributed by atoms with Crippen molar-refractivity contribution in [1.29, 1.82) is 0 Å². The summed E-state index contributed by atoms with van der Waals surface area (Å²) in [6.45, 7) is 3.75.